The quantitative estimate of drug-likeness (QED) is 0.262. The highest BCUT2D eigenvalue weighted by Crippen LogP contribution is 2.28. The van der Waals surface area contributed by atoms with Crippen molar-refractivity contribution in [3.63, 3.8) is 0 Å². The Morgan fingerprint density at radius 1 is 1.44 bits per heavy atom. The van der Waals surface area contributed by atoms with Gasteiger partial charge in [0.05, 0.1) is 19.8 Å². The molecule has 1 aliphatic heterocycles. The van der Waals surface area contributed by atoms with E-state index in [1.54, 1.807) is 0 Å². The number of thiocarbonyl (C=S) groups is 1. The van der Waals surface area contributed by atoms with Crippen molar-refractivity contribution in [1.82, 2.24) is 0 Å². The molecular formula is C9H18O7S2. The first-order chi connectivity index (χ1) is 8.32. The number of hydrogen-bond acceptors (Lipinski definition) is 8. The van der Waals surface area contributed by atoms with Crippen LogP contribution in [0.2, 0.25) is 0 Å². The zero-order valence-electron chi connectivity index (χ0n) is 9.76. The number of rotatable bonds is 3. The second kappa shape index (κ2) is 8.23. The Kier molecular flexibility index (Phi) is 8.23. The van der Waals surface area contributed by atoms with Crippen molar-refractivity contribution in [3.8, 4) is 0 Å². The third-order valence-corrected chi connectivity index (χ3v) is 2.44. The lowest BCUT2D eigenvalue weighted by molar-refractivity contribution is -0.248. The van der Waals surface area contributed by atoms with Crippen molar-refractivity contribution in [2.75, 3.05) is 19.8 Å². The van der Waals surface area contributed by atoms with Gasteiger partial charge >= 0.3 is 0 Å². The summed E-state index contributed by atoms with van der Waals surface area (Å²) in [6, 6.07) is 0. The van der Waals surface area contributed by atoms with Gasteiger partial charge in [0, 0.05) is 0 Å². The molecule has 1 aliphatic rings. The maximum Gasteiger partial charge on any atom is 0.219 e. The zero-order valence-corrected chi connectivity index (χ0v) is 11.5. The average Bonchev–Trinajstić information content (AvgIpc) is 2.55. The van der Waals surface area contributed by atoms with Gasteiger partial charge in [-0.2, -0.15) is 0 Å². The molecule has 0 aliphatic carbocycles. The summed E-state index contributed by atoms with van der Waals surface area (Å²) in [5.74, 6) is -2.16. The van der Waals surface area contributed by atoms with Gasteiger partial charge in [0.1, 0.15) is 18.3 Å². The van der Waals surface area contributed by atoms with E-state index in [-0.39, 0.29) is 0 Å². The predicted molar refractivity (Wildman–Crippen MR) is 69.2 cm³/mol. The molecule has 0 saturated carbocycles. The van der Waals surface area contributed by atoms with Crippen molar-refractivity contribution in [1.29, 1.82) is 0 Å². The third kappa shape index (κ3) is 4.94. The van der Waals surface area contributed by atoms with Crippen LogP contribution in [-0.4, -0.2) is 73.8 Å². The summed E-state index contributed by atoms with van der Waals surface area (Å²) in [4.78, 5) is 0. The Morgan fingerprint density at radius 3 is 2.17 bits per heavy atom. The lowest BCUT2D eigenvalue weighted by atomic mass is 10.1. The fourth-order valence-electron chi connectivity index (χ4n) is 1.27. The number of aliphatic hydroxyl groups excluding tert-OH is 4. The predicted octanol–water partition coefficient (Wildman–Crippen LogP) is -1.98. The molecule has 1 rings (SSSR count). The van der Waals surface area contributed by atoms with Crippen molar-refractivity contribution in [2.24, 2.45) is 0 Å². The SMILES string of the molecule is CCOC(=S)S.OC[C@H]1O[C@](O)(CO)[C@@H](O)[C@@H]1O. The Balaban J connectivity index is 0.000000411. The summed E-state index contributed by atoms with van der Waals surface area (Å²) in [6.45, 7) is 1.12. The highest BCUT2D eigenvalue weighted by atomic mass is 32.1. The molecular weight excluding hydrogens is 284 g/mol. The van der Waals surface area contributed by atoms with Crippen LogP contribution in [0.4, 0.5) is 0 Å². The summed E-state index contributed by atoms with van der Waals surface area (Å²) in [5.41, 5.74) is 0. The molecule has 108 valence electrons. The molecule has 4 atom stereocenters. The average molecular weight is 302 g/mol. The standard InChI is InChI=1S/C6H12O6.C3H6OS2/c7-1-3-4(9)5(10)6(11,2-8)12-3;1-2-4-3(5)6/h3-5,7-11H,1-2H2;2H2,1H3,(H,5,6)/t3-,4-,5+,6-;/m1./s1. The molecule has 1 heterocycles. The summed E-state index contributed by atoms with van der Waals surface area (Å²) in [7, 11) is 0. The summed E-state index contributed by atoms with van der Waals surface area (Å²) >= 11 is 8.12. The summed E-state index contributed by atoms with van der Waals surface area (Å²) in [5, 5.41) is 44.7. The van der Waals surface area contributed by atoms with E-state index in [1.807, 2.05) is 6.92 Å². The lowest BCUT2D eigenvalue weighted by Gasteiger charge is -2.22. The number of thiol groups is 1. The highest BCUT2D eigenvalue weighted by Gasteiger charge is 2.52. The maximum atomic E-state index is 9.25. The maximum absolute atomic E-state index is 9.25. The second-order valence-electron chi connectivity index (χ2n) is 3.48. The summed E-state index contributed by atoms with van der Waals surface area (Å²) < 4.78 is 9.58. The van der Waals surface area contributed by atoms with Gasteiger partial charge in [0.15, 0.2) is 0 Å². The van der Waals surface area contributed by atoms with Crippen LogP contribution in [-0.2, 0) is 9.47 Å². The van der Waals surface area contributed by atoms with Crippen LogP contribution < -0.4 is 0 Å². The van der Waals surface area contributed by atoms with Crippen LogP contribution >= 0.6 is 24.8 Å². The molecule has 0 bridgehead atoms. The van der Waals surface area contributed by atoms with E-state index in [9.17, 15) is 5.11 Å². The van der Waals surface area contributed by atoms with E-state index in [4.69, 9.17) is 20.4 Å². The molecule has 1 fully saturated rings. The first-order valence-electron chi connectivity index (χ1n) is 5.16. The number of hydrogen-bond donors (Lipinski definition) is 6. The largest absolute Gasteiger partial charge is 0.479 e. The minimum atomic E-state index is -2.16. The van der Waals surface area contributed by atoms with Gasteiger partial charge in [-0.25, -0.2) is 0 Å². The molecule has 0 spiro atoms. The minimum Gasteiger partial charge on any atom is -0.479 e. The number of aliphatic hydroxyl groups is 5. The molecule has 0 radical (unpaired) electrons. The van der Waals surface area contributed by atoms with E-state index in [2.05, 4.69) is 34.3 Å². The smallest absolute Gasteiger partial charge is 0.219 e. The number of ether oxygens (including phenoxy) is 2. The van der Waals surface area contributed by atoms with E-state index in [1.165, 1.54) is 0 Å². The van der Waals surface area contributed by atoms with E-state index in [0.29, 0.717) is 11.0 Å². The molecule has 0 aromatic carbocycles. The zero-order chi connectivity index (χ0) is 14.3. The Bertz CT molecular complexity index is 265. The Morgan fingerprint density at radius 2 is 2.00 bits per heavy atom. The fourth-order valence-corrected chi connectivity index (χ4v) is 1.52. The van der Waals surface area contributed by atoms with E-state index < -0.39 is 37.3 Å². The molecule has 1 saturated heterocycles. The Hall–Kier alpha value is -0.0000000000000000694. The second-order valence-corrected chi connectivity index (χ2v) is 4.56. The normalized spacial score (nSPS) is 34.7. The van der Waals surface area contributed by atoms with E-state index >= 15 is 0 Å². The molecule has 9 heteroatoms. The first-order valence-corrected chi connectivity index (χ1v) is 6.01. The fraction of sp³-hybridized carbons (Fsp3) is 0.889. The summed E-state index contributed by atoms with van der Waals surface area (Å²) in [6.07, 6.45) is -4.04. The van der Waals surface area contributed by atoms with Gasteiger partial charge in [-0.15, -0.1) is 0 Å². The van der Waals surface area contributed by atoms with Gasteiger partial charge in [-0.05, 0) is 19.1 Å². The van der Waals surface area contributed by atoms with Crippen LogP contribution in [0.25, 0.3) is 0 Å². The first kappa shape index (κ1) is 18.0. The van der Waals surface area contributed by atoms with Crippen LogP contribution in [0.15, 0.2) is 0 Å². The van der Waals surface area contributed by atoms with Gasteiger partial charge in [-0.3, -0.25) is 0 Å². The van der Waals surface area contributed by atoms with Crippen LogP contribution in [0.5, 0.6) is 0 Å². The monoisotopic (exact) mass is 302 g/mol. The molecule has 0 unspecified atom stereocenters. The minimum absolute atomic E-state index is 0.317. The van der Waals surface area contributed by atoms with Gasteiger partial charge < -0.3 is 35.0 Å². The van der Waals surface area contributed by atoms with Crippen molar-refractivity contribution >= 4 is 29.2 Å². The van der Waals surface area contributed by atoms with Gasteiger partial charge in [0.25, 0.3) is 0 Å². The van der Waals surface area contributed by atoms with Crippen molar-refractivity contribution in [3.05, 3.63) is 0 Å². The molecule has 7 nitrogen and oxygen atoms in total. The molecule has 0 aromatic rings. The molecule has 5 N–H and O–H groups in total. The molecule has 0 amide bonds. The third-order valence-electron chi connectivity index (χ3n) is 2.20. The Labute approximate surface area is 115 Å². The lowest BCUT2D eigenvalue weighted by Crippen LogP contribution is -2.46. The van der Waals surface area contributed by atoms with Crippen LogP contribution in [0.1, 0.15) is 6.92 Å². The van der Waals surface area contributed by atoms with Crippen LogP contribution in [0, 0.1) is 0 Å². The van der Waals surface area contributed by atoms with Crippen molar-refractivity contribution in [2.45, 2.75) is 31.0 Å². The van der Waals surface area contributed by atoms with Crippen molar-refractivity contribution < 1.29 is 35.0 Å². The van der Waals surface area contributed by atoms with Gasteiger partial charge in [0.2, 0.25) is 10.2 Å². The molecule has 0 aromatic heterocycles. The van der Waals surface area contributed by atoms with E-state index in [0.717, 1.165) is 0 Å². The molecule has 18 heavy (non-hydrogen) atoms. The van der Waals surface area contributed by atoms with Gasteiger partial charge in [-0.1, -0.05) is 12.6 Å². The topological polar surface area (TPSA) is 120 Å². The highest BCUT2D eigenvalue weighted by molar-refractivity contribution is 8.10. The van der Waals surface area contributed by atoms with Crippen LogP contribution in [0.3, 0.4) is 0 Å².